The zero-order valence-corrected chi connectivity index (χ0v) is 14.8. The van der Waals surface area contributed by atoms with Crippen LogP contribution in [-0.4, -0.2) is 35.8 Å². The van der Waals surface area contributed by atoms with Crippen LogP contribution in [0.3, 0.4) is 0 Å². The molecule has 0 aliphatic carbocycles. The van der Waals surface area contributed by atoms with E-state index in [9.17, 15) is 18.5 Å². The van der Waals surface area contributed by atoms with Gasteiger partial charge in [-0.25, -0.2) is 13.1 Å². The lowest BCUT2D eigenvalue weighted by Gasteiger charge is -2.07. The first kappa shape index (κ1) is 17.3. The number of nitrogens with one attached hydrogen (secondary N) is 2. The van der Waals surface area contributed by atoms with Crippen LogP contribution in [0.1, 0.15) is 5.56 Å². The third-order valence-corrected chi connectivity index (χ3v) is 5.68. The van der Waals surface area contributed by atoms with Gasteiger partial charge < -0.3 is 15.4 Å². The van der Waals surface area contributed by atoms with Gasteiger partial charge in [-0.3, -0.25) is 0 Å². The average molecular weight is 381 g/mol. The Labute approximate surface area is 147 Å². The van der Waals surface area contributed by atoms with Crippen LogP contribution >= 0.6 is 11.3 Å². The largest absolute Gasteiger partial charge is 0.372 e. The summed E-state index contributed by atoms with van der Waals surface area (Å²) in [6, 6.07) is 6.49. The van der Waals surface area contributed by atoms with E-state index in [1.165, 1.54) is 27.9 Å². The summed E-state index contributed by atoms with van der Waals surface area (Å²) in [5.74, 6) is -0.0518. The molecule has 0 radical (unpaired) electrons. The molecule has 0 saturated carbocycles. The van der Waals surface area contributed by atoms with Crippen LogP contribution in [0.15, 0.2) is 40.7 Å². The second kappa shape index (κ2) is 6.78. The molecule has 132 valence electrons. The van der Waals surface area contributed by atoms with Gasteiger partial charge in [-0.15, -0.1) is 0 Å². The molecule has 0 unspecified atom stereocenters. The first-order valence-electron chi connectivity index (χ1n) is 7.28. The lowest BCUT2D eigenvalue weighted by atomic mass is 10.2. The van der Waals surface area contributed by atoms with Gasteiger partial charge in [-0.2, -0.15) is 9.38 Å². The van der Waals surface area contributed by atoms with Crippen LogP contribution in [0.5, 0.6) is 0 Å². The van der Waals surface area contributed by atoms with Crippen LogP contribution in [-0.2, 0) is 10.0 Å². The van der Waals surface area contributed by atoms with E-state index >= 15 is 0 Å². The molecule has 1 aromatic carbocycles. The van der Waals surface area contributed by atoms with Crippen molar-refractivity contribution in [2.24, 2.45) is 0 Å². The summed E-state index contributed by atoms with van der Waals surface area (Å²) in [6.45, 7) is 2.10. The quantitative estimate of drug-likeness (QED) is 0.367. The molecule has 0 fully saturated rings. The third kappa shape index (κ3) is 3.62. The topological polar surface area (TPSA) is 119 Å². The summed E-state index contributed by atoms with van der Waals surface area (Å²) in [5, 5.41) is 15.7. The molecule has 2 N–H and O–H groups in total. The maximum atomic E-state index is 12.2. The monoisotopic (exact) mass is 381 g/mol. The number of rotatable bonds is 7. The van der Waals surface area contributed by atoms with E-state index in [-0.39, 0.29) is 29.6 Å². The molecule has 0 bridgehead atoms. The second-order valence-corrected chi connectivity index (χ2v) is 7.87. The summed E-state index contributed by atoms with van der Waals surface area (Å²) < 4.78 is 28.2. The number of anilines is 1. The van der Waals surface area contributed by atoms with Crippen molar-refractivity contribution in [1.29, 1.82) is 0 Å². The minimum absolute atomic E-state index is 0.0680. The number of hydrogen-bond donors (Lipinski definition) is 2. The van der Waals surface area contributed by atoms with E-state index < -0.39 is 14.9 Å². The predicted octanol–water partition coefficient (Wildman–Crippen LogP) is 2.00. The van der Waals surface area contributed by atoms with E-state index in [2.05, 4.69) is 15.0 Å². The molecule has 9 nitrogen and oxygen atoms in total. The molecule has 0 amide bonds. The highest BCUT2D eigenvalue weighted by Gasteiger charge is 2.23. The van der Waals surface area contributed by atoms with E-state index in [1.807, 2.05) is 6.92 Å². The zero-order chi connectivity index (χ0) is 18.0. The Bertz CT molecular complexity index is 1010. The number of sulfonamides is 1. The molecule has 3 aromatic rings. The molecule has 0 atom stereocenters. The number of aryl methyl sites for hydroxylation is 1. The van der Waals surface area contributed by atoms with Gasteiger partial charge in [-0.05, 0) is 24.0 Å². The normalized spacial score (nSPS) is 11.7. The number of fused-ring (bicyclic) bond motifs is 1. The summed E-state index contributed by atoms with van der Waals surface area (Å²) in [5.41, 5.74) is 0.965. The molecule has 3 rings (SSSR count). The number of nitro groups is 1. The first-order valence-corrected chi connectivity index (χ1v) is 9.65. The van der Waals surface area contributed by atoms with Crippen molar-refractivity contribution < 1.29 is 13.3 Å². The van der Waals surface area contributed by atoms with Crippen molar-refractivity contribution in [3.63, 3.8) is 0 Å². The Hall–Kier alpha value is -2.50. The molecule has 0 saturated heterocycles. The van der Waals surface area contributed by atoms with Gasteiger partial charge in [0.1, 0.15) is 6.20 Å². The summed E-state index contributed by atoms with van der Waals surface area (Å²) in [7, 11) is -3.62. The van der Waals surface area contributed by atoms with Gasteiger partial charge in [0.2, 0.25) is 15.8 Å². The van der Waals surface area contributed by atoms with Crippen LogP contribution in [0.2, 0.25) is 0 Å². The Morgan fingerprint density at radius 2 is 2.00 bits per heavy atom. The lowest BCUT2D eigenvalue weighted by Crippen LogP contribution is -2.29. The number of aromatic nitrogens is 2. The highest BCUT2D eigenvalue weighted by Crippen LogP contribution is 2.27. The van der Waals surface area contributed by atoms with Crippen molar-refractivity contribution in [2.45, 2.75) is 11.8 Å². The minimum Gasteiger partial charge on any atom is -0.362 e. The maximum absolute atomic E-state index is 12.2. The van der Waals surface area contributed by atoms with E-state index in [0.29, 0.717) is 4.96 Å². The molecule has 2 aromatic heterocycles. The molecular weight excluding hydrogens is 366 g/mol. The van der Waals surface area contributed by atoms with Gasteiger partial charge in [0, 0.05) is 18.5 Å². The van der Waals surface area contributed by atoms with E-state index in [4.69, 9.17) is 0 Å². The highest BCUT2D eigenvalue weighted by molar-refractivity contribution is 7.89. The molecule has 2 heterocycles. The smallest absolute Gasteiger partial charge is 0.362 e. The molecule has 0 aliphatic rings. The number of benzene rings is 1. The van der Waals surface area contributed by atoms with Gasteiger partial charge in [0.05, 0.1) is 4.90 Å². The van der Waals surface area contributed by atoms with Crippen LogP contribution in [0.25, 0.3) is 4.96 Å². The first-order chi connectivity index (χ1) is 11.9. The summed E-state index contributed by atoms with van der Waals surface area (Å²) >= 11 is 1.28. The van der Waals surface area contributed by atoms with Crippen LogP contribution in [0, 0.1) is 17.0 Å². The number of thiazole rings is 1. The zero-order valence-electron chi connectivity index (χ0n) is 13.2. The Balaban J connectivity index is 1.64. The van der Waals surface area contributed by atoms with Crippen molar-refractivity contribution in [1.82, 2.24) is 14.1 Å². The minimum atomic E-state index is -3.62. The van der Waals surface area contributed by atoms with Crippen molar-refractivity contribution in [3.05, 3.63) is 51.5 Å². The fourth-order valence-electron chi connectivity index (χ4n) is 2.23. The lowest BCUT2D eigenvalue weighted by molar-refractivity contribution is -0.389. The fourth-order valence-corrected chi connectivity index (χ4v) is 3.97. The molecule has 0 aliphatic heterocycles. The summed E-state index contributed by atoms with van der Waals surface area (Å²) in [6.07, 6.45) is 1.57. The summed E-state index contributed by atoms with van der Waals surface area (Å²) in [4.78, 5) is 15.5. The van der Waals surface area contributed by atoms with Crippen LogP contribution in [0.4, 0.5) is 11.6 Å². The van der Waals surface area contributed by atoms with Gasteiger partial charge >= 0.3 is 5.82 Å². The van der Waals surface area contributed by atoms with Gasteiger partial charge in [0.15, 0.2) is 0 Å². The number of nitrogens with zero attached hydrogens (tertiary/aromatic N) is 3. The van der Waals surface area contributed by atoms with Crippen molar-refractivity contribution in [2.75, 3.05) is 18.4 Å². The standard InChI is InChI=1S/C14H15N5O4S2/c1-10-2-4-11(5-3-10)25(22,23)16-7-6-15-12-13(19(20)21)18-8-9-24-14(18)17-12/h2-5,8-9,15-16H,6-7H2,1H3. The molecule has 0 spiro atoms. The average Bonchev–Trinajstić information content (AvgIpc) is 3.12. The highest BCUT2D eigenvalue weighted by atomic mass is 32.2. The van der Waals surface area contributed by atoms with E-state index in [1.54, 1.807) is 23.7 Å². The number of imidazole rings is 1. The Morgan fingerprint density at radius 1 is 1.28 bits per heavy atom. The molecule has 25 heavy (non-hydrogen) atoms. The second-order valence-electron chi connectivity index (χ2n) is 5.23. The van der Waals surface area contributed by atoms with Gasteiger partial charge in [-0.1, -0.05) is 29.0 Å². The van der Waals surface area contributed by atoms with E-state index in [0.717, 1.165) is 5.56 Å². The maximum Gasteiger partial charge on any atom is 0.372 e. The predicted molar refractivity (Wildman–Crippen MR) is 94.6 cm³/mol. The SMILES string of the molecule is Cc1ccc(S(=O)(=O)NCCNc2nc3sccn3c2[N+](=O)[O-])cc1. The Morgan fingerprint density at radius 3 is 2.68 bits per heavy atom. The molecular formula is C14H15N5O4S2. The third-order valence-electron chi connectivity index (χ3n) is 3.45. The molecule has 11 heteroatoms. The Kier molecular flexibility index (Phi) is 4.70. The fraction of sp³-hybridized carbons (Fsp3) is 0.214. The number of hydrogen-bond acceptors (Lipinski definition) is 7. The van der Waals surface area contributed by atoms with Crippen molar-refractivity contribution >= 4 is 38.0 Å². The van der Waals surface area contributed by atoms with Crippen LogP contribution < -0.4 is 10.0 Å². The van der Waals surface area contributed by atoms with Crippen molar-refractivity contribution in [3.8, 4) is 0 Å². The van der Waals surface area contributed by atoms with Gasteiger partial charge in [0.25, 0.3) is 4.96 Å².